The molecule has 1 aromatic carbocycles. The number of alkyl halides is 3. The van der Waals surface area contributed by atoms with Gasteiger partial charge in [0.05, 0.1) is 6.21 Å². The van der Waals surface area contributed by atoms with Crippen LogP contribution in [0.15, 0.2) is 33.8 Å². The van der Waals surface area contributed by atoms with Crippen molar-refractivity contribution in [1.29, 1.82) is 0 Å². The Hall–Kier alpha value is -1.48. The van der Waals surface area contributed by atoms with Crippen molar-refractivity contribution in [1.82, 2.24) is 14.9 Å². The summed E-state index contributed by atoms with van der Waals surface area (Å²) in [4.78, 5) is 0. The number of hydrogen-bond acceptors (Lipinski definition) is 3. The lowest BCUT2D eigenvalue weighted by molar-refractivity contribution is -0.147. The van der Waals surface area contributed by atoms with Crippen LogP contribution < -0.4 is 0 Å². The molecule has 0 aliphatic carbocycles. The van der Waals surface area contributed by atoms with Crippen LogP contribution in [0.1, 0.15) is 11.4 Å². The largest absolute Gasteiger partial charge is 0.453 e. The Morgan fingerprint density at radius 1 is 1.32 bits per heavy atom. The monoisotopic (exact) mass is 350 g/mol. The first kappa shape index (κ1) is 13.9. The molecule has 0 amide bonds. The molecule has 0 saturated carbocycles. The van der Waals surface area contributed by atoms with Gasteiger partial charge in [-0.1, -0.05) is 28.1 Å². The smallest absolute Gasteiger partial charge is 0.250 e. The van der Waals surface area contributed by atoms with E-state index in [-0.39, 0.29) is 4.77 Å². The van der Waals surface area contributed by atoms with Gasteiger partial charge >= 0.3 is 6.18 Å². The van der Waals surface area contributed by atoms with Gasteiger partial charge in [-0.15, -0.1) is 5.10 Å². The molecule has 0 bridgehead atoms. The third kappa shape index (κ3) is 3.29. The van der Waals surface area contributed by atoms with Gasteiger partial charge in [-0.2, -0.15) is 22.9 Å². The highest BCUT2D eigenvalue weighted by atomic mass is 79.9. The van der Waals surface area contributed by atoms with Gasteiger partial charge < -0.3 is 0 Å². The van der Waals surface area contributed by atoms with Gasteiger partial charge in [-0.05, 0) is 29.9 Å². The number of rotatable bonds is 2. The van der Waals surface area contributed by atoms with Crippen LogP contribution in [0, 0.1) is 4.77 Å². The van der Waals surface area contributed by atoms with Crippen molar-refractivity contribution in [3.63, 3.8) is 0 Å². The maximum absolute atomic E-state index is 12.6. The minimum Gasteiger partial charge on any atom is -0.250 e. The molecule has 0 aliphatic heterocycles. The van der Waals surface area contributed by atoms with Crippen LogP contribution in [0.4, 0.5) is 13.2 Å². The highest BCUT2D eigenvalue weighted by Gasteiger charge is 2.37. The van der Waals surface area contributed by atoms with Crippen LogP contribution in [0.25, 0.3) is 0 Å². The summed E-state index contributed by atoms with van der Waals surface area (Å²) in [5.41, 5.74) is 0.638. The quantitative estimate of drug-likeness (QED) is 0.664. The van der Waals surface area contributed by atoms with E-state index in [2.05, 4.69) is 31.2 Å². The number of nitrogens with one attached hydrogen (secondary N) is 1. The minimum absolute atomic E-state index is 0.222. The third-order valence-electron chi connectivity index (χ3n) is 2.10. The fourth-order valence-corrected chi connectivity index (χ4v) is 1.70. The SMILES string of the molecule is FC(F)(F)c1n[nH]c(=S)n1/N=C/c1ccc(Br)cc1. The Kier molecular flexibility index (Phi) is 3.85. The second-order valence-electron chi connectivity index (χ2n) is 3.46. The number of halogens is 4. The summed E-state index contributed by atoms with van der Waals surface area (Å²) in [6.07, 6.45) is -3.35. The van der Waals surface area contributed by atoms with E-state index in [1.807, 2.05) is 0 Å². The van der Waals surface area contributed by atoms with Gasteiger partial charge in [0.15, 0.2) is 0 Å². The molecular weight excluding hydrogens is 345 g/mol. The Morgan fingerprint density at radius 3 is 2.53 bits per heavy atom. The maximum Gasteiger partial charge on any atom is 0.453 e. The molecule has 9 heteroatoms. The molecule has 1 heterocycles. The van der Waals surface area contributed by atoms with Gasteiger partial charge in [0.2, 0.25) is 4.77 Å². The summed E-state index contributed by atoms with van der Waals surface area (Å²) < 4.78 is 39.0. The molecule has 0 fully saturated rings. The molecular formula is C10H6BrF3N4S. The molecule has 0 radical (unpaired) electrons. The van der Waals surface area contributed by atoms with Crippen molar-refractivity contribution in [3.05, 3.63) is 44.9 Å². The normalized spacial score (nSPS) is 12.2. The Labute approximate surface area is 119 Å². The van der Waals surface area contributed by atoms with E-state index in [0.717, 1.165) is 4.47 Å². The zero-order valence-corrected chi connectivity index (χ0v) is 11.6. The molecule has 4 nitrogen and oxygen atoms in total. The lowest BCUT2D eigenvalue weighted by Crippen LogP contribution is -2.12. The molecule has 1 aromatic heterocycles. The van der Waals surface area contributed by atoms with E-state index in [1.165, 1.54) is 6.21 Å². The average Bonchev–Trinajstić information content (AvgIpc) is 2.70. The first-order valence-corrected chi connectivity index (χ1v) is 6.12. The molecule has 2 aromatic rings. The second-order valence-corrected chi connectivity index (χ2v) is 4.76. The summed E-state index contributed by atoms with van der Waals surface area (Å²) in [6, 6.07) is 6.90. The van der Waals surface area contributed by atoms with Crippen LogP contribution in [-0.4, -0.2) is 21.1 Å². The fraction of sp³-hybridized carbons (Fsp3) is 0.100. The Bertz CT molecular complexity index is 657. The molecule has 0 unspecified atom stereocenters. The van der Waals surface area contributed by atoms with Crippen molar-refractivity contribution in [2.45, 2.75) is 6.18 Å². The van der Waals surface area contributed by atoms with Crippen LogP contribution in [-0.2, 0) is 6.18 Å². The molecule has 19 heavy (non-hydrogen) atoms. The van der Waals surface area contributed by atoms with Crippen molar-refractivity contribution in [3.8, 4) is 0 Å². The molecule has 0 saturated heterocycles. The van der Waals surface area contributed by atoms with E-state index < -0.39 is 12.0 Å². The highest BCUT2D eigenvalue weighted by molar-refractivity contribution is 9.10. The zero-order chi connectivity index (χ0) is 14.0. The zero-order valence-electron chi connectivity index (χ0n) is 9.15. The average molecular weight is 351 g/mol. The molecule has 0 aliphatic rings. The maximum atomic E-state index is 12.6. The predicted molar refractivity (Wildman–Crippen MR) is 69.5 cm³/mol. The summed E-state index contributed by atoms with van der Waals surface area (Å²) >= 11 is 7.96. The fourth-order valence-electron chi connectivity index (χ4n) is 1.26. The molecule has 0 spiro atoms. The lowest BCUT2D eigenvalue weighted by atomic mass is 10.2. The van der Waals surface area contributed by atoms with E-state index in [4.69, 9.17) is 12.2 Å². The van der Waals surface area contributed by atoms with Gasteiger partial charge in [0.1, 0.15) is 0 Å². The number of aromatic amines is 1. The van der Waals surface area contributed by atoms with Gasteiger partial charge in [-0.3, -0.25) is 0 Å². The first-order valence-electron chi connectivity index (χ1n) is 4.92. The van der Waals surface area contributed by atoms with Gasteiger partial charge in [0, 0.05) is 4.47 Å². The summed E-state index contributed by atoms with van der Waals surface area (Å²) in [5, 5.41) is 8.87. The number of hydrogen-bond donors (Lipinski definition) is 1. The van der Waals surface area contributed by atoms with Gasteiger partial charge in [-0.25, -0.2) is 5.10 Å². The van der Waals surface area contributed by atoms with Crippen molar-refractivity contribution < 1.29 is 13.2 Å². The van der Waals surface area contributed by atoms with Crippen LogP contribution in [0.5, 0.6) is 0 Å². The van der Waals surface area contributed by atoms with Crippen LogP contribution >= 0.6 is 28.1 Å². The van der Waals surface area contributed by atoms with Crippen LogP contribution in [0.2, 0.25) is 0 Å². The topological polar surface area (TPSA) is 46.0 Å². The third-order valence-corrected chi connectivity index (χ3v) is 2.89. The van der Waals surface area contributed by atoms with Gasteiger partial charge in [0.25, 0.3) is 5.82 Å². The van der Waals surface area contributed by atoms with Crippen molar-refractivity contribution >= 4 is 34.4 Å². The van der Waals surface area contributed by atoms with E-state index in [9.17, 15) is 13.2 Å². The molecule has 1 N–H and O–H groups in total. The Balaban J connectivity index is 2.36. The number of benzene rings is 1. The number of aromatic nitrogens is 3. The highest BCUT2D eigenvalue weighted by Crippen LogP contribution is 2.27. The Morgan fingerprint density at radius 2 is 1.95 bits per heavy atom. The summed E-state index contributed by atoms with van der Waals surface area (Å²) in [7, 11) is 0. The molecule has 100 valence electrons. The van der Waals surface area contributed by atoms with Crippen molar-refractivity contribution in [2.24, 2.45) is 5.10 Å². The van der Waals surface area contributed by atoms with Crippen LogP contribution in [0.3, 0.4) is 0 Å². The van der Waals surface area contributed by atoms with E-state index in [1.54, 1.807) is 24.3 Å². The van der Waals surface area contributed by atoms with E-state index in [0.29, 0.717) is 10.2 Å². The van der Waals surface area contributed by atoms with E-state index >= 15 is 0 Å². The predicted octanol–water partition coefficient (Wildman–Crippen LogP) is 3.60. The first-order chi connectivity index (χ1) is 8.88. The minimum atomic E-state index is -4.62. The molecule has 2 rings (SSSR count). The van der Waals surface area contributed by atoms with Crippen molar-refractivity contribution in [2.75, 3.05) is 0 Å². The molecule has 0 atom stereocenters. The standard InChI is InChI=1S/C10H6BrF3N4S/c11-7-3-1-6(2-4-7)5-15-18-8(10(12,13)14)16-17-9(18)19/h1-5H,(H,17,19)/b15-5+. The lowest BCUT2D eigenvalue weighted by Gasteiger charge is -2.03. The number of nitrogens with zero attached hydrogens (tertiary/aromatic N) is 3. The summed E-state index contributed by atoms with van der Waals surface area (Å²) in [5.74, 6) is -1.19. The number of H-pyrrole nitrogens is 1. The summed E-state index contributed by atoms with van der Waals surface area (Å²) in [6.45, 7) is 0. The second kappa shape index (κ2) is 5.25.